The maximum absolute atomic E-state index is 15.5. The highest BCUT2D eigenvalue weighted by Crippen LogP contribution is 2.39. The number of halogens is 1. The Morgan fingerprint density at radius 1 is 0.685 bits per heavy atom. The molecular formula is C49H40FNO3. The molecular weight excluding hydrogens is 670 g/mol. The number of allylic oxidation sites excluding steroid dienone is 1. The molecule has 0 aliphatic carbocycles. The molecule has 1 aliphatic rings. The average molecular weight is 710 g/mol. The van der Waals surface area contributed by atoms with Crippen molar-refractivity contribution in [2.24, 2.45) is 17.8 Å². The lowest BCUT2D eigenvalue weighted by molar-refractivity contribution is -0.236. The van der Waals surface area contributed by atoms with Crippen LogP contribution in [0.1, 0.15) is 52.4 Å². The Morgan fingerprint density at radius 3 is 1.57 bits per heavy atom. The van der Waals surface area contributed by atoms with Crippen LogP contribution in [-0.2, 0) is 14.3 Å². The van der Waals surface area contributed by atoms with Gasteiger partial charge in [-0.25, -0.2) is 4.39 Å². The van der Waals surface area contributed by atoms with E-state index in [1.165, 1.54) is 0 Å². The summed E-state index contributed by atoms with van der Waals surface area (Å²) >= 11 is 0. The van der Waals surface area contributed by atoms with Gasteiger partial charge < -0.3 is 14.8 Å². The lowest BCUT2D eigenvalue weighted by Gasteiger charge is -2.44. The Kier molecular flexibility index (Phi) is 25.7. The van der Waals surface area contributed by atoms with Crippen LogP contribution in [0.15, 0.2) is 50.6 Å². The number of unbranched alkanes of at least 4 members (excludes halogenated alkanes) is 3. The zero-order valence-electron chi connectivity index (χ0n) is 30.7. The third-order valence-electron chi connectivity index (χ3n) is 7.30. The molecule has 7 atom stereocenters. The number of alkyl halides is 1. The molecule has 0 spiro atoms. The van der Waals surface area contributed by atoms with Crippen molar-refractivity contribution in [3.63, 3.8) is 0 Å². The first kappa shape index (κ1) is 45.0. The largest absolute Gasteiger partial charge is 0.350 e. The summed E-state index contributed by atoms with van der Waals surface area (Å²) in [5.74, 6) is 59.0. The summed E-state index contributed by atoms with van der Waals surface area (Å²) in [4.78, 5) is 12.7. The van der Waals surface area contributed by atoms with Crippen molar-refractivity contribution < 1.29 is 18.7 Å². The summed E-state index contributed by atoms with van der Waals surface area (Å²) < 4.78 is 27.9. The zero-order valence-corrected chi connectivity index (χ0v) is 30.7. The van der Waals surface area contributed by atoms with E-state index in [1.807, 2.05) is 12.2 Å². The molecule has 54 heavy (non-hydrogen) atoms. The summed E-state index contributed by atoms with van der Waals surface area (Å²) in [6.07, 6.45) is 9.32. The maximum Gasteiger partial charge on any atom is 0.297 e. The average Bonchev–Trinajstić information content (AvgIpc) is 3.17. The molecule has 0 saturated carbocycles. The Balaban J connectivity index is 2.83. The second-order valence-electron chi connectivity index (χ2n) is 10.9. The van der Waals surface area contributed by atoms with Gasteiger partial charge in [0.25, 0.3) is 5.91 Å². The first-order chi connectivity index (χ1) is 26.5. The topological polar surface area (TPSA) is 47.6 Å². The second kappa shape index (κ2) is 30.8. The quantitative estimate of drug-likeness (QED) is 0.138. The zero-order chi connectivity index (χ0) is 39.5. The number of carbonyl (C=O) groups is 1. The fourth-order valence-electron chi connectivity index (χ4n) is 4.84. The van der Waals surface area contributed by atoms with Crippen LogP contribution in [0.2, 0.25) is 0 Å². The van der Waals surface area contributed by atoms with Gasteiger partial charge in [-0.15, -0.1) is 26.3 Å². The Bertz CT molecular complexity index is 2140. The molecule has 1 heterocycles. The van der Waals surface area contributed by atoms with E-state index in [4.69, 9.17) is 9.47 Å². The minimum Gasteiger partial charge on any atom is -0.350 e. The third-order valence-corrected chi connectivity index (χ3v) is 7.30. The number of hydrogen-bond acceptors (Lipinski definition) is 3. The fourth-order valence-corrected chi connectivity index (χ4v) is 4.84. The van der Waals surface area contributed by atoms with Crippen molar-refractivity contribution in [2.45, 2.75) is 77.0 Å². The molecule has 4 nitrogen and oxygen atoms in total. The van der Waals surface area contributed by atoms with Crippen LogP contribution < -0.4 is 5.32 Å². The molecule has 1 fully saturated rings. The smallest absolute Gasteiger partial charge is 0.297 e. The van der Waals surface area contributed by atoms with E-state index in [0.29, 0.717) is 12.8 Å². The highest BCUT2D eigenvalue weighted by molar-refractivity contribution is 5.94. The van der Waals surface area contributed by atoms with Gasteiger partial charge in [-0.1, -0.05) is 62.8 Å². The van der Waals surface area contributed by atoms with Crippen LogP contribution in [0.25, 0.3) is 0 Å². The van der Waals surface area contributed by atoms with Crippen molar-refractivity contribution in [3.05, 3.63) is 50.6 Å². The highest BCUT2D eigenvalue weighted by atomic mass is 19.1. The minimum absolute atomic E-state index is 0.0244. The van der Waals surface area contributed by atoms with E-state index in [1.54, 1.807) is 19.1 Å². The van der Waals surface area contributed by atoms with Gasteiger partial charge in [0.15, 0.2) is 6.29 Å². The molecule has 1 aliphatic heterocycles. The van der Waals surface area contributed by atoms with Crippen LogP contribution >= 0.6 is 0 Å². The van der Waals surface area contributed by atoms with Gasteiger partial charge in [0.05, 0.1) is 18.8 Å². The van der Waals surface area contributed by atoms with E-state index in [-0.39, 0.29) is 36.9 Å². The van der Waals surface area contributed by atoms with Crippen molar-refractivity contribution >= 4 is 5.91 Å². The number of hydrogen-bond donors (Lipinski definition) is 1. The van der Waals surface area contributed by atoms with Crippen LogP contribution in [-0.4, -0.2) is 37.1 Å². The van der Waals surface area contributed by atoms with Crippen molar-refractivity contribution in [3.8, 4) is 142 Å². The summed E-state index contributed by atoms with van der Waals surface area (Å²) in [6, 6.07) is -0.961. The molecule has 2 unspecified atom stereocenters. The maximum atomic E-state index is 15.5. The van der Waals surface area contributed by atoms with Gasteiger partial charge >= 0.3 is 0 Å². The predicted octanol–water partition coefficient (Wildman–Crippen LogP) is 5.56. The molecule has 1 saturated heterocycles. The molecule has 5 heteroatoms. The number of amides is 1. The Labute approximate surface area is 323 Å². The molecule has 0 aromatic rings. The predicted molar refractivity (Wildman–Crippen MR) is 215 cm³/mol. The Morgan fingerprint density at radius 2 is 1.15 bits per heavy atom. The number of carbonyl (C=O) groups excluding carboxylic acids is 1. The van der Waals surface area contributed by atoms with E-state index in [2.05, 4.69) is 181 Å². The third kappa shape index (κ3) is 20.0. The molecule has 0 bridgehead atoms. The van der Waals surface area contributed by atoms with Crippen molar-refractivity contribution in [1.29, 1.82) is 0 Å². The Hall–Kier alpha value is -7.00. The SMILES string of the molecule is C=CCC1O[C@@H](OC[C@H](NC(=O)C#CC#CC#CC#CC#CC#CC#CC#CC#CC#CC#CC#CC)[C@H](F)CCCCCC)[C@H](C=C)C(C=C)[C@H]1C=C. The van der Waals surface area contributed by atoms with Gasteiger partial charge in [-0.2, -0.15) is 0 Å². The number of nitrogens with one attached hydrogen (secondary N) is 1. The summed E-state index contributed by atoms with van der Waals surface area (Å²) in [7, 11) is 0. The highest BCUT2D eigenvalue weighted by Gasteiger charge is 2.42. The molecule has 0 aromatic heterocycles. The van der Waals surface area contributed by atoms with Crippen LogP contribution in [0.3, 0.4) is 0 Å². The molecule has 1 N–H and O–H groups in total. The van der Waals surface area contributed by atoms with Gasteiger partial charge in [-0.3, -0.25) is 4.79 Å². The van der Waals surface area contributed by atoms with E-state index < -0.39 is 24.4 Å². The summed E-state index contributed by atoms with van der Waals surface area (Å²) in [5, 5.41) is 2.65. The van der Waals surface area contributed by atoms with Gasteiger partial charge in [0, 0.05) is 53.3 Å². The molecule has 1 amide bonds. The van der Waals surface area contributed by atoms with Crippen molar-refractivity contribution in [1.82, 2.24) is 5.32 Å². The van der Waals surface area contributed by atoms with Crippen LogP contribution in [0.4, 0.5) is 4.39 Å². The first-order valence-corrected chi connectivity index (χ1v) is 17.1. The molecule has 1 rings (SSSR count). The molecule has 0 aromatic carbocycles. The molecule has 266 valence electrons. The second-order valence-corrected chi connectivity index (χ2v) is 10.9. The minimum atomic E-state index is -1.36. The van der Waals surface area contributed by atoms with Crippen LogP contribution in [0.5, 0.6) is 0 Å². The van der Waals surface area contributed by atoms with Gasteiger partial charge in [0.2, 0.25) is 0 Å². The van der Waals surface area contributed by atoms with Gasteiger partial charge in [0.1, 0.15) is 6.17 Å². The fraction of sp³-hybridized carbons (Fsp3) is 0.327. The van der Waals surface area contributed by atoms with Crippen molar-refractivity contribution in [2.75, 3.05) is 6.61 Å². The lowest BCUT2D eigenvalue weighted by atomic mass is 9.75. The van der Waals surface area contributed by atoms with E-state index >= 15 is 4.39 Å². The molecule has 0 radical (unpaired) electrons. The summed E-state index contributed by atoms with van der Waals surface area (Å²) in [6.45, 7) is 19.4. The first-order valence-electron chi connectivity index (χ1n) is 17.1. The van der Waals surface area contributed by atoms with E-state index in [0.717, 1.165) is 19.3 Å². The standard InChI is InChI=1S/C49H40FNO3/c1-7-13-15-17-18-19-20-21-22-23-24-25-26-27-28-29-30-31-32-33-34-35-37-40-48(52)51-46(45(50)39-36-16-14-8-2)41-53-49-44(12-6)42(10-4)43(11-5)47(54-49)38-9-3/h9-12,42-47,49H,3-6,8,14,16,36,38-39,41H2,1-2H3,(H,51,52)/t42?,43-,44-,45-,46+,47?,49-/m1/s1. The normalized spacial score (nSPS) is 17.4. The number of ether oxygens (including phenoxy) is 2. The monoisotopic (exact) mass is 709 g/mol. The van der Waals surface area contributed by atoms with Crippen LogP contribution in [0, 0.1) is 160 Å². The lowest BCUT2D eigenvalue weighted by Crippen LogP contribution is -2.50. The number of rotatable bonds is 15. The summed E-state index contributed by atoms with van der Waals surface area (Å²) in [5.41, 5.74) is 0. The van der Waals surface area contributed by atoms with E-state index in [9.17, 15) is 4.79 Å². The van der Waals surface area contributed by atoms with Gasteiger partial charge in [-0.05, 0) is 120 Å².